The molecule has 33 heavy (non-hydrogen) atoms. The molecule has 0 radical (unpaired) electrons. The smallest absolute Gasteiger partial charge is 0.191 e. The summed E-state index contributed by atoms with van der Waals surface area (Å²) >= 11 is 0. The van der Waals surface area contributed by atoms with Gasteiger partial charge in [0.25, 0.3) is 0 Å². The first kappa shape index (κ1) is 23.9. The minimum atomic E-state index is 0.369. The van der Waals surface area contributed by atoms with E-state index in [1.165, 1.54) is 0 Å². The Labute approximate surface area is 194 Å². The Kier molecular flexibility index (Phi) is 8.47. The monoisotopic (exact) mass is 448 g/mol. The van der Waals surface area contributed by atoms with Gasteiger partial charge in [0.1, 0.15) is 23.2 Å². The van der Waals surface area contributed by atoms with Gasteiger partial charge < -0.3 is 20.9 Å². The molecule has 2 aromatic heterocycles. The predicted octanol–water partition coefficient (Wildman–Crippen LogP) is 3.13. The van der Waals surface area contributed by atoms with Crippen LogP contribution in [0.1, 0.15) is 55.5 Å². The number of aryl methyl sites for hydroxylation is 3. The van der Waals surface area contributed by atoms with Crippen LogP contribution in [-0.4, -0.2) is 34.0 Å². The summed E-state index contributed by atoms with van der Waals surface area (Å²) in [5, 5.41) is 25.0. The molecule has 3 aromatic rings. The maximum absolute atomic E-state index is 9.58. The van der Waals surface area contributed by atoms with Gasteiger partial charge in [0.2, 0.25) is 0 Å². The Bertz CT molecular complexity index is 1090. The van der Waals surface area contributed by atoms with Crippen LogP contribution in [0.4, 0.5) is 5.82 Å². The van der Waals surface area contributed by atoms with Gasteiger partial charge in [-0.25, -0.2) is 9.67 Å². The van der Waals surface area contributed by atoms with Crippen molar-refractivity contribution >= 4 is 11.8 Å². The predicted molar refractivity (Wildman–Crippen MR) is 129 cm³/mol. The van der Waals surface area contributed by atoms with E-state index in [1.54, 1.807) is 4.68 Å². The maximum atomic E-state index is 9.58. The zero-order valence-corrected chi connectivity index (χ0v) is 19.6. The number of nitriles is 1. The SMILES string of the molecule is CCNC(=NCc1c(CC)noc1CC)NCCCc1nn(-c2ccccc2)c(N)c1C#N. The molecule has 9 heteroatoms. The van der Waals surface area contributed by atoms with Crippen molar-refractivity contribution in [1.82, 2.24) is 25.6 Å². The Morgan fingerprint density at radius 3 is 2.61 bits per heavy atom. The average molecular weight is 449 g/mol. The van der Waals surface area contributed by atoms with E-state index in [0.29, 0.717) is 36.6 Å². The molecule has 1 aromatic carbocycles. The molecule has 9 nitrogen and oxygen atoms in total. The normalized spacial score (nSPS) is 11.4. The molecule has 0 aliphatic heterocycles. The second-order valence-corrected chi connectivity index (χ2v) is 7.53. The van der Waals surface area contributed by atoms with E-state index in [0.717, 1.165) is 54.5 Å². The number of guanidine groups is 1. The van der Waals surface area contributed by atoms with Crippen molar-refractivity contribution in [2.75, 3.05) is 18.8 Å². The third kappa shape index (κ3) is 5.71. The number of aliphatic imine (C=N–C) groups is 1. The molecule has 4 N–H and O–H groups in total. The molecule has 0 aliphatic carbocycles. The summed E-state index contributed by atoms with van der Waals surface area (Å²) in [5.41, 5.74) is 10.2. The molecule has 0 saturated carbocycles. The summed E-state index contributed by atoms with van der Waals surface area (Å²) in [7, 11) is 0. The van der Waals surface area contributed by atoms with Gasteiger partial charge in [0, 0.05) is 25.1 Å². The van der Waals surface area contributed by atoms with E-state index < -0.39 is 0 Å². The topological polar surface area (TPSA) is 130 Å². The van der Waals surface area contributed by atoms with Crippen LogP contribution in [0.15, 0.2) is 39.8 Å². The lowest BCUT2D eigenvalue weighted by Crippen LogP contribution is -2.37. The van der Waals surface area contributed by atoms with Gasteiger partial charge in [-0.2, -0.15) is 10.4 Å². The van der Waals surface area contributed by atoms with E-state index in [4.69, 9.17) is 15.2 Å². The van der Waals surface area contributed by atoms with E-state index in [2.05, 4.69) is 40.8 Å². The number of aromatic nitrogens is 3. The standard InChI is InChI=1S/C24H32N8O/c1-4-20-19(22(5-2)33-31-20)16-29-24(27-6-3)28-14-10-13-21-18(15-25)23(26)32(30-21)17-11-8-7-9-12-17/h7-9,11-12H,4-6,10,13-14,16,26H2,1-3H3,(H2,27,28,29). The zero-order chi connectivity index (χ0) is 23.6. The number of hydrogen-bond acceptors (Lipinski definition) is 6. The van der Waals surface area contributed by atoms with Crippen LogP contribution in [0.5, 0.6) is 0 Å². The second kappa shape index (κ2) is 11.7. The lowest BCUT2D eigenvalue weighted by atomic mass is 10.1. The van der Waals surface area contributed by atoms with Crippen molar-refractivity contribution in [2.45, 2.75) is 53.0 Å². The van der Waals surface area contributed by atoms with Crippen molar-refractivity contribution in [1.29, 1.82) is 5.26 Å². The van der Waals surface area contributed by atoms with Gasteiger partial charge in [-0.15, -0.1) is 0 Å². The highest BCUT2D eigenvalue weighted by atomic mass is 16.5. The highest BCUT2D eigenvalue weighted by molar-refractivity contribution is 5.79. The van der Waals surface area contributed by atoms with Crippen molar-refractivity contribution in [2.24, 2.45) is 4.99 Å². The minimum Gasteiger partial charge on any atom is -0.382 e. The van der Waals surface area contributed by atoms with Crippen LogP contribution in [0, 0.1) is 11.3 Å². The van der Waals surface area contributed by atoms with Gasteiger partial charge in [0.15, 0.2) is 5.96 Å². The van der Waals surface area contributed by atoms with Crippen molar-refractivity contribution in [3.63, 3.8) is 0 Å². The summed E-state index contributed by atoms with van der Waals surface area (Å²) in [6, 6.07) is 11.8. The van der Waals surface area contributed by atoms with Crippen LogP contribution < -0.4 is 16.4 Å². The van der Waals surface area contributed by atoms with Crippen LogP contribution in [-0.2, 0) is 25.8 Å². The molecule has 0 fully saturated rings. The Morgan fingerprint density at radius 2 is 1.94 bits per heavy atom. The number of rotatable bonds is 10. The number of nitrogens with one attached hydrogen (secondary N) is 2. The molecule has 2 heterocycles. The van der Waals surface area contributed by atoms with E-state index in [-0.39, 0.29) is 0 Å². The summed E-state index contributed by atoms with van der Waals surface area (Å²) in [5.74, 6) is 1.99. The molecule has 0 unspecified atom stereocenters. The number of hydrogen-bond donors (Lipinski definition) is 3. The molecule has 0 saturated heterocycles. The number of anilines is 1. The molecule has 0 amide bonds. The quantitative estimate of drug-likeness (QED) is 0.247. The molecular formula is C24H32N8O. The number of nitrogens with zero attached hydrogens (tertiary/aromatic N) is 5. The van der Waals surface area contributed by atoms with Gasteiger partial charge in [-0.1, -0.05) is 37.2 Å². The van der Waals surface area contributed by atoms with Crippen molar-refractivity contribution < 1.29 is 4.52 Å². The number of nitrogens with two attached hydrogens (primary N) is 1. The number of benzene rings is 1. The first-order valence-corrected chi connectivity index (χ1v) is 11.4. The van der Waals surface area contributed by atoms with Gasteiger partial charge in [0.05, 0.1) is 23.6 Å². The summed E-state index contributed by atoms with van der Waals surface area (Å²) in [4.78, 5) is 4.71. The van der Waals surface area contributed by atoms with E-state index in [1.807, 2.05) is 37.3 Å². The first-order chi connectivity index (χ1) is 16.1. The summed E-state index contributed by atoms with van der Waals surface area (Å²) in [6.07, 6.45) is 3.02. The summed E-state index contributed by atoms with van der Waals surface area (Å²) < 4.78 is 7.06. The minimum absolute atomic E-state index is 0.369. The molecule has 0 bridgehead atoms. The van der Waals surface area contributed by atoms with Gasteiger partial charge >= 0.3 is 0 Å². The maximum Gasteiger partial charge on any atom is 0.191 e. The highest BCUT2D eigenvalue weighted by Crippen LogP contribution is 2.21. The van der Waals surface area contributed by atoms with E-state index >= 15 is 0 Å². The fourth-order valence-electron chi connectivity index (χ4n) is 3.62. The lowest BCUT2D eigenvalue weighted by molar-refractivity contribution is 0.380. The third-order valence-corrected chi connectivity index (χ3v) is 5.34. The second-order valence-electron chi connectivity index (χ2n) is 7.53. The zero-order valence-electron chi connectivity index (χ0n) is 19.6. The lowest BCUT2D eigenvalue weighted by Gasteiger charge is -2.11. The first-order valence-electron chi connectivity index (χ1n) is 11.4. The molecule has 0 aliphatic rings. The fraction of sp³-hybridized carbons (Fsp3) is 0.417. The Balaban J connectivity index is 1.62. The third-order valence-electron chi connectivity index (χ3n) is 5.34. The number of para-hydroxylation sites is 1. The van der Waals surface area contributed by atoms with Crippen molar-refractivity contribution in [3.8, 4) is 11.8 Å². The molecule has 0 atom stereocenters. The van der Waals surface area contributed by atoms with Crippen LogP contribution in [0.2, 0.25) is 0 Å². The molecule has 174 valence electrons. The molecule has 3 rings (SSSR count). The van der Waals surface area contributed by atoms with Crippen LogP contribution in [0.3, 0.4) is 0 Å². The Morgan fingerprint density at radius 1 is 1.15 bits per heavy atom. The average Bonchev–Trinajstić information content (AvgIpc) is 3.40. The van der Waals surface area contributed by atoms with Crippen LogP contribution >= 0.6 is 0 Å². The van der Waals surface area contributed by atoms with E-state index in [9.17, 15) is 5.26 Å². The van der Waals surface area contributed by atoms with Crippen LogP contribution in [0.25, 0.3) is 5.69 Å². The largest absolute Gasteiger partial charge is 0.382 e. The van der Waals surface area contributed by atoms with Gasteiger partial charge in [-0.05, 0) is 38.3 Å². The number of nitrogen functional groups attached to an aromatic ring is 1. The highest BCUT2D eigenvalue weighted by Gasteiger charge is 2.16. The Hall–Kier alpha value is -3.80. The molecular weight excluding hydrogens is 416 g/mol. The van der Waals surface area contributed by atoms with Gasteiger partial charge in [-0.3, -0.25) is 0 Å². The fourth-order valence-corrected chi connectivity index (χ4v) is 3.62. The van der Waals surface area contributed by atoms with Crippen molar-refractivity contribution in [3.05, 3.63) is 58.6 Å². The molecule has 0 spiro atoms. The summed E-state index contributed by atoms with van der Waals surface area (Å²) in [6.45, 7) is 8.10.